The summed E-state index contributed by atoms with van der Waals surface area (Å²) < 4.78 is 47.7. The lowest BCUT2D eigenvalue weighted by Gasteiger charge is -2.26. The number of anilines is 4. The lowest BCUT2D eigenvalue weighted by molar-refractivity contribution is 0.0378. The van der Waals surface area contributed by atoms with Crippen LogP contribution in [0.1, 0.15) is 16.8 Å². The number of rotatable bonds is 11. The third-order valence-electron chi connectivity index (χ3n) is 7.21. The smallest absolute Gasteiger partial charge is 0.261 e. The van der Waals surface area contributed by atoms with E-state index in [2.05, 4.69) is 30.8 Å². The zero-order valence-electron chi connectivity index (χ0n) is 24.6. The Labute approximate surface area is 267 Å². The van der Waals surface area contributed by atoms with Crippen LogP contribution in [0.3, 0.4) is 0 Å². The highest BCUT2D eigenvalue weighted by Crippen LogP contribution is 2.39. The molecule has 1 aliphatic heterocycles. The Morgan fingerprint density at radius 1 is 0.913 bits per heavy atom. The van der Waals surface area contributed by atoms with Gasteiger partial charge in [0, 0.05) is 42.8 Å². The molecule has 0 unspecified atom stereocenters. The molecule has 9 nitrogen and oxygen atoms in total. The summed E-state index contributed by atoms with van der Waals surface area (Å²) >= 11 is 1.41. The normalized spacial score (nSPS) is 13.4. The lowest BCUT2D eigenvalue weighted by atomic mass is 10.1. The van der Waals surface area contributed by atoms with Gasteiger partial charge in [0.1, 0.15) is 23.0 Å². The standard InChI is InChI=1S/C33H30F3N7O2S/c34-22-6-2-8-24(20-22)40-32-37-13-11-27(41-32)30-29(42-33(46-30)38-12-4-14-43-15-17-45-18-16-43)21-5-1-7-23(19-21)39-31(44)28-25(35)9-3-10-26(28)36/h1-3,5-11,13,19-20H,4,12,14-18H2,(H,38,42)(H,39,44)(H,37,40,41). The van der Waals surface area contributed by atoms with Gasteiger partial charge in [-0.05, 0) is 61.5 Å². The molecule has 1 saturated heterocycles. The molecule has 0 saturated carbocycles. The SMILES string of the molecule is O=C(Nc1cccc(-c2nc(NCCCN3CCOCC3)sc2-c2ccnc(Nc3cccc(F)c3)n2)c1)c1c(F)cccc1F. The molecule has 0 radical (unpaired) electrons. The lowest BCUT2D eigenvalue weighted by Crippen LogP contribution is -2.37. The van der Waals surface area contributed by atoms with E-state index in [4.69, 9.17) is 9.72 Å². The third kappa shape index (κ3) is 7.68. The van der Waals surface area contributed by atoms with Crippen molar-refractivity contribution in [1.82, 2.24) is 19.9 Å². The van der Waals surface area contributed by atoms with E-state index in [1.165, 1.54) is 29.5 Å². The fourth-order valence-electron chi connectivity index (χ4n) is 4.98. The van der Waals surface area contributed by atoms with E-state index >= 15 is 0 Å². The average molecular weight is 646 g/mol. The van der Waals surface area contributed by atoms with E-state index in [0.29, 0.717) is 40.0 Å². The Morgan fingerprint density at radius 3 is 2.48 bits per heavy atom. The van der Waals surface area contributed by atoms with Crippen LogP contribution in [0, 0.1) is 17.5 Å². The number of hydrogen-bond acceptors (Lipinski definition) is 9. The maximum atomic E-state index is 14.3. The Kier molecular flexibility index (Phi) is 9.82. The van der Waals surface area contributed by atoms with E-state index in [9.17, 15) is 18.0 Å². The van der Waals surface area contributed by atoms with Crippen molar-refractivity contribution < 1.29 is 22.7 Å². The summed E-state index contributed by atoms with van der Waals surface area (Å²) in [6.07, 6.45) is 2.51. The predicted molar refractivity (Wildman–Crippen MR) is 173 cm³/mol. The third-order valence-corrected chi connectivity index (χ3v) is 8.25. The van der Waals surface area contributed by atoms with Gasteiger partial charge in [-0.25, -0.2) is 28.1 Å². The number of hydrogen-bond donors (Lipinski definition) is 3. The molecule has 0 spiro atoms. The van der Waals surface area contributed by atoms with Crippen LogP contribution in [0.2, 0.25) is 0 Å². The topological polar surface area (TPSA) is 104 Å². The second-order valence-corrected chi connectivity index (χ2v) is 11.5. The van der Waals surface area contributed by atoms with Crippen LogP contribution in [-0.4, -0.2) is 65.2 Å². The monoisotopic (exact) mass is 645 g/mol. The zero-order valence-corrected chi connectivity index (χ0v) is 25.4. The Bertz CT molecular complexity index is 1810. The zero-order chi connectivity index (χ0) is 31.9. The van der Waals surface area contributed by atoms with Crippen molar-refractivity contribution in [3.8, 4) is 21.8 Å². The minimum absolute atomic E-state index is 0.274. The molecule has 3 aromatic carbocycles. The van der Waals surface area contributed by atoms with E-state index in [-0.39, 0.29) is 11.8 Å². The number of aromatic nitrogens is 3. The summed E-state index contributed by atoms with van der Waals surface area (Å²) in [5.74, 6) is -2.93. The molecule has 13 heteroatoms. The average Bonchev–Trinajstić information content (AvgIpc) is 3.48. The van der Waals surface area contributed by atoms with Crippen LogP contribution >= 0.6 is 11.3 Å². The van der Waals surface area contributed by atoms with Gasteiger partial charge in [0.2, 0.25) is 5.95 Å². The molecule has 1 amide bonds. The molecule has 1 fully saturated rings. The summed E-state index contributed by atoms with van der Waals surface area (Å²) in [7, 11) is 0. The Balaban J connectivity index is 1.27. The second kappa shape index (κ2) is 14.5. The number of ether oxygens (including phenoxy) is 1. The molecule has 2 aromatic heterocycles. The van der Waals surface area contributed by atoms with Crippen molar-refractivity contribution in [2.75, 3.05) is 55.3 Å². The van der Waals surface area contributed by atoms with Crippen LogP contribution in [0.4, 0.5) is 35.6 Å². The fourth-order valence-corrected chi connectivity index (χ4v) is 5.96. The van der Waals surface area contributed by atoms with E-state index in [0.717, 1.165) is 56.3 Å². The molecule has 3 N–H and O–H groups in total. The van der Waals surface area contributed by atoms with Gasteiger partial charge in [-0.2, -0.15) is 0 Å². The second-order valence-electron chi connectivity index (χ2n) is 10.5. The first kappa shape index (κ1) is 31.1. The van der Waals surface area contributed by atoms with Gasteiger partial charge in [0.05, 0.1) is 29.5 Å². The van der Waals surface area contributed by atoms with E-state index in [1.54, 1.807) is 42.6 Å². The van der Waals surface area contributed by atoms with Crippen molar-refractivity contribution >= 4 is 39.7 Å². The molecule has 0 aliphatic carbocycles. The largest absolute Gasteiger partial charge is 0.379 e. The fraction of sp³-hybridized carbons (Fsp3) is 0.212. The number of thiazole rings is 1. The highest BCUT2D eigenvalue weighted by atomic mass is 32.1. The number of benzene rings is 3. The minimum atomic E-state index is -0.953. The van der Waals surface area contributed by atoms with Crippen LogP contribution in [0.5, 0.6) is 0 Å². The number of halogens is 3. The van der Waals surface area contributed by atoms with Gasteiger partial charge in [-0.3, -0.25) is 9.69 Å². The Hall–Kier alpha value is -4.85. The van der Waals surface area contributed by atoms with Crippen molar-refractivity contribution in [2.45, 2.75) is 6.42 Å². The van der Waals surface area contributed by atoms with Gasteiger partial charge in [-0.15, -0.1) is 0 Å². The van der Waals surface area contributed by atoms with E-state index < -0.39 is 23.1 Å². The van der Waals surface area contributed by atoms with Crippen molar-refractivity contribution in [3.63, 3.8) is 0 Å². The number of amides is 1. The summed E-state index contributed by atoms with van der Waals surface area (Å²) in [5.41, 5.74) is 1.98. The predicted octanol–water partition coefficient (Wildman–Crippen LogP) is 6.81. The molecule has 236 valence electrons. The molecular formula is C33H30F3N7O2S. The molecule has 5 aromatic rings. The quantitative estimate of drug-likeness (QED) is 0.135. The highest BCUT2D eigenvalue weighted by molar-refractivity contribution is 7.19. The van der Waals surface area contributed by atoms with Crippen molar-refractivity contribution in [3.05, 3.63) is 102 Å². The molecule has 0 bridgehead atoms. The van der Waals surface area contributed by atoms with Gasteiger partial charge < -0.3 is 20.7 Å². The van der Waals surface area contributed by atoms with Crippen LogP contribution in [-0.2, 0) is 4.74 Å². The maximum Gasteiger partial charge on any atom is 0.261 e. The number of nitrogens with zero attached hydrogens (tertiary/aromatic N) is 4. The van der Waals surface area contributed by atoms with E-state index in [1.807, 2.05) is 6.07 Å². The summed E-state index contributed by atoms with van der Waals surface area (Å²) in [6, 6.07) is 17.9. The van der Waals surface area contributed by atoms with Crippen molar-refractivity contribution in [1.29, 1.82) is 0 Å². The number of carbonyl (C=O) groups is 1. The molecule has 1 aliphatic rings. The van der Waals surface area contributed by atoms with Gasteiger partial charge >= 0.3 is 0 Å². The summed E-state index contributed by atoms with van der Waals surface area (Å²) in [5, 5.41) is 9.72. The summed E-state index contributed by atoms with van der Waals surface area (Å²) in [4.78, 5) is 29.7. The first-order valence-electron chi connectivity index (χ1n) is 14.7. The number of morpholine rings is 1. The first-order chi connectivity index (χ1) is 22.4. The van der Waals surface area contributed by atoms with Gasteiger partial charge in [0.25, 0.3) is 5.91 Å². The molecular weight excluding hydrogens is 615 g/mol. The van der Waals surface area contributed by atoms with Crippen LogP contribution in [0.25, 0.3) is 21.8 Å². The minimum Gasteiger partial charge on any atom is -0.379 e. The highest BCUT2D eigenvalue weighted by Gasteiger charge is 2.20. The van der Waals surface area contributed by atoms with Crippen LogP contribution < -0.4 is 16.0 Å². The Morgan fingerprint density at radius 2 is 1.67 bits per heavy atom. The molecule has 0 atom stereocenters. The van der Waals surface area contributed by atoms with Gasteiger partial charge in [0.15, 0.2) is 5.13 Å². The maximum absolute atomic E-state index is 14.3. The molecule has 6 rings (SSSR count). The summed E-state index contributed by atoms with van der Waals surface area (Å²) in [6.45, 7) is 4.97. The molecule has 3 heterocycles. The number of carbonyl (C=O) groups excluding carboxylic acids is 1. The molecule has 46 heavy (non-hydrogen) atoms. The van der Waals surface area contributed by atoms with Crippen molar-refractivity contribution in [2.24, 2.45) is 0 Å². The van der Waals surface area contributed by atoms with Gasteiger partial charge in [-0.1, -0.05) is 35.6 Å². The first-order valence-corrected chi connectivity index (χ1v) is 15.5. The number of nitrogens with one attached hydrogen (secondary N) is 3. The van der Waals surface area contributed by atoms with Crippen LogP contribution in [0.15, 0.2) is 79.0 Å².